The summed E-state index contributed by atoms with van der Waals surface area (Å²) in [6, 6.07) is 18.2. The molecule has 0 saturated carbocycles. The number of rotatable bonds is 8. The molecule has 0 fully saturated rings. The van der Waals surface area contributed by atoms with Gasteiger partial charge in [0.1, 0.15) is 5.75 Å². The summed E-state index contributed by atoms with van der Waals surface area (Å²) in [4.78, 5) is 24.0. The Morgan fingerprint density at radius 3 is 2.54 bits per heavy atom. The first-order chi connectivity index (χ1) is 13.6. The number of aryl methyl sites for hydroxylation is 1. The minimum absolute atomic E-state index is 0.0552. The van der Waals surface area contributed by atoms with Crippen LogP contribution in [-0.2, 0) is 17.8 Å². The highest BCUT2D eigenvalue weighted by Crippen LogP contribution is 2.14. The van der Waals surface area contributed by atoms with Crippen LogP contribution in [0, 0.1) is 0 Å². The van der Waals surface area contributed by atoms with Crippen LogP contribution in [0.5, 0.6) is 5.75 Å². The summed E-state index contributed by atoms with van der Waals surface area (Å²) in [5.74, 6) is 0.357. The van der Waals surface area contributed by atoms with E-state index in [2.05, 4.69) is 17.6 Å². The van der Waals surface area contributed by atoms with E-state index >= 15 is 0 Å². The molecule has 0 unspecified atom stereocenters. The van der Waals surface area contributed by atoms with Crippen LogP contribution in [0.1, 0.15) is 28.6 Å². The van der Waals surface area contributed by atoms with Gasteiger partial charge in [-0.25, -0.2) is 0 Å². The Morgan fingerprint density at radius 1 is 1.00 bits per heavy atom. The van der Waals surface area contributed by atoms with E-state index in [0.717, 1.165) is 12.0 Å². The SMILES string of the molecule is CCc1ccc(OCC(=O)NCc2cccc(NC(=O)c3ccco3)c2)cc1. The molecule has 0 spiro atoms. The van der Waals surface area contributed by atoms with Gasteiger partial charge in [0.05, 0.1) is 6.26 Å². The van der Waals surface area contributed by atoms with Crippen molar-refractivity contribution in [2.75, 3.05) is 11.9 Å². The summed E-state index contributed by atoms with van der Waals surface area (Å²) in [5, 5.41) is 5.56. The lowest BCUT2D eigenvalue weighted by Crippen LogP contribution is -2.28. The van der Waals surface area contributed by atoms with Crippen LogP contribution in [0.25, 0.3) is 0 Å². The van der Waals surface area contributed by atoms with Crippen molar-refractivity contribution < 1.29 is 18.7 Å². The van der Waals surface area contributed by atoms with E-state index in [-0.39, 0.29) is 24.2 Å². The smallest absolute Gasteiger partial charge is 0.291 e. The lowest BCUT2D eigenvalue weighted by atomic mass is 10.2. The van der Waals surface area contributed by atoms with Gasteiger partial charge in [-0.15, -0.1) is 0 Å². The average Bonchev–Trinajstić information content (AvgIpc) is 3.26. The van der Waals surface area contributed by atoms with Crippen LogP contribution >= 0.6 is 0 Å². The fourth-order valence-electron chi connectivity index (χ4n) is 2.58. The Labute approximate surface area is 163 Å². The van der Waals surface area contributed by atoms with Gasteiger partial charge in [-0.3, -0.25) is 9.59 Å². The molecular formula is C22H22N2O4. The van der Waals surface area contributed by atoms with Crippen molar-refractivity contribution in [3.05, 3.63) is 83.8 Å². The van der Waals surface area contributed by atoms with E-state index in [0.29, 0.717) is 18.0 Å². The highest BCUT2D eigenvalue weighted by Gasteiger charge is 2.09. The van der Waals surface area contributed by atoms with Crippen LogP contribution in [0.2, 0.25) is 0 Å². The predicted molar refractivity (Wildman–Crippen MR) is 106 cm³/mol. The summed E-state index contributed by atoms with van der Waals surface area (Å²) in [5.41, 5.74) is 2.70. The molecule has 0 aliphatic heterocycles. The maximum Gasteiger partial charge on any atom is 0.291 e. The number of nitrogens with one attached hydrogen (secondary N) is 2. The molecule has 3 aromatic rings. The third-order valence-corrected chi connectivity index (χ3v) is 4.12. The first-order valence-electron chi connectivity index (χ1n) is 9.06. The summed E-state index contributed by atoms with van der Waals surface area (Å²) >= 11 is 0. The number of carbonyl (C=O) groups is 2. The van der Waals surface area contributed by atoms with Crippen molar-refractivity contribution in [2.45, 2.75) is 19.9 Å². The zero-order chi connectivity index (χ0) is 19.8. The molecule has 0 radical (unpaired) electrons. The van der Waals surface area contributed by atoms with Gasteiger partial charge in [-0.1, -0.05) is 31.2 Å². The first-order valence-corrected chi connectivity index (χ1v) is 9.06. The zero-order valence-electron chi connectivity index (χ0n) is 15.6. The fourth-order valence-corrected chi connectivity index (χ4v) is 2.58. The molecule has 6 heteroatoms. The Balaban J connectivity index is 1.47. The van der Waals surface area contributed by atoms with Crippen LogP contribution in [0.3, 0.4) is 0 Å². The van der Waals surface area contributed by atoms with Crippen molar-refractivity contribution in [1.82, 2.24) is 5.32 Å². The monoisotopic (exact) mass is 378 g/mol. The molecule has 0 aliphatic carbocycles. The maximum absolute atomic E-state index is 12.0. The Bertz CT molecular complexity index is 918. The van der Waals surface area contributed by atoms with Gasteiger partial charge in [-0.05, 0) is 53.9 Å². The van der Waals surface area contributed by atoms with Gasteiger partial charge in [-0.2, -0.15) is 0 Å². The Hall–Kier alpha value is -3.54. The second-order valence-corrected chi connectivity index (χ2v) is 6.19. The Kier molecular flexibility index (Phi) is 6.46. The van der Waals surface area contributed by atoms with Crippen molar-refractivity contribution in [3.63, 3.8) is 0 Å². The van der Waals surface area contributed by atoms with Crippen LogP contribution < -0.4 is 15.4 Å². The van der Waals surface area contributed by atoms with Crippen molar-refractivity contribution >= 4 is 17.5 Å². The topological polar surface area (TPSA) is 80.6 Å². The third kappa shape index (κ3) is 5.48. The van der Waals surface area contributed by atoms with Gasteiger partial charge in [0.2, 0.25) is 0 Å². The molecule has 2 amide bonds. The zero-order valence-corrected chi connectivity index (χ0v) is 15.6. The van der Waals surface area contributed by atoms with E-state index in [1.54, 1.807) is 24.3 Å². The standard InChI is InChI=1S/C22H22N2O4/c1-2-16-8-10-19(11-9-16)28-15-21(25)23-14-17-5-3-6-18(13-17)24-22(26)20-7-4-12-27-20/h3-13H,2,14-15H2,1H3,(H,23,25)(H,24,26). The molecule has 1 heterocycles. The number of anilines is 1. The van der Waals surface area contributed by atoms with Gasteiger partial charge >= 0.3 is 0 Å². The number of hydrogen-bond donors (Lipinski definition) is 2. The molecule has 0 atom stereocenters. The highest BCUT2D eigenvalue weighted by molar-refractivity contribution is 6.02. The predicted octanol–water partition coefficient (Wildman–Crippen LogP) is 3.79. The lowest BCUT2D eigenvalue weighted by molar-refractivity contribution is -0.123. The first kappa shape index (κ1) is 19.2. The van der Waals surface area contributed by atoms with E-state index in [1.165, 1.54) is 11.8 Å². The number of amides is 2. The quantitative estimate of drug-likeness (QED) is 0.625. The van der Waals surface area contributed by atoms with Gasteiger partial charge < -0.3 is 19.8 Å². The maximum atomic E-state index is 12.0. The van der Waals surface area contributed by atoms with Gasteiger partial charge in [0.25, 0.3) is 11.8 Å². The summed E-state index contributed by atoms with van der Waals surface area (Å²) in [6.07, 6.45) is 2.41. The largest absolute Gasteiger partial charge is 0.484 e. The van der Waals surface area contributed by atoms with E-state index in [4.69, 9.17) is 9.15 Å². The molecule has 28 heavy (non-hydrogen) atoms. The molecule has 144 valence electrons. The van der Waals surface area contributed by atoms with Crippen LogP contribution in [0.4, 0.5) is 5.69 Å². The van der Waals surface area contributed by atoms with Crippen molar-refractivity contribution in [1.29, 1.82) is 0 Å². The number of furan rings is 1. The molecule has 2 N–H and O–H groups in total. The van der Waals surface area contributed by atoms with E-state index in [9.17, 15) is 9.59 Å². The molecule has 0 aliphatic rings. The molecule has 1 aromatic heterocycles. The molecule has 2 aromatic carbocycles. The molecule has 3 rings (SSSR count). The lowest BCUT2D eigenvalue weighted by Gasteiger charge is -2.09. The molecule has 6 nitrogen and oxygen atoms in total. The minimum atomic E-state index is -0.325. The van der Waals surface area contributed by atoms with E-state index in [1.807, 2.05) is 36.4 Å². The highest BCUT2D eigenvalue weighted by atomic mass is 16.5. The number of carbonyl (C=O) groups excluding carboxylic acids is 2. The number of benzene rings is 2. The van der Waals surface area contributed by atoms with Gasteiger partial charge in [0, 0.05) is 12.2 Å². The third-order valence-electron chi connectivity index (χ3n) is 4.12. The fraction of sp³-hybridized carbons (Fsp3) is 0.182. The summed E-state index contributed by atoms with van der Waals surface area (Å²) < 4.78 is 10.6. The molecule has 0 bridgehead atoms. The van der Waals surface area contributed by atoms with Crippen LogP contribution in [-0.4, -0.2) is 18.4 Å². The van der Waals surface area contributed by atoms with Gasteiger partial charge in [0.15, 0.2) is 12.4 Å². The van der Waals surface area contributed by atoms with Crippen LogP contribution in [0.15, 0.2) is 71.3 Å². The van der Waals surface area contributed by atoms with E-state index < -0.39 is 0 Å². The summed E-state index contributed by atoms with van der Waals surface area (Å²) in [7, 11) is 0. The Morgan fingerprint density at radius 2 is 1.82 bits per heavy atom. The molecular weight excluding hydrogens is 356 g/mol. The second-order valence-electron chi connectivity index (χ2n) is 6.19. The normalized spacial score (nSPS) is 10.3. The summed E-state index contributed by atoms with van der Waals surface area (Å²) in [6.45, 7) is 2.36. The molecule has 0 saturated heterocycles. The average molecular weight is 378 g/mol. The van der Waals surface area contributed by atoms with Crippen molar-refractivity contribution in [2.24, 2.45) is 0 Å². The number of hydrogen-bond acceptors (Lipinski definition) is 4. The minimum Gasteiger partial charge on any atom is -0.484 e. The number of ether oxygens (including phenoxy) is 1. The van der Waals surface area contributed by atoms with Crippen molar-refractivity contribution in [3.8, 4) is 5.75 Å². The second kappa shape index (κ2) is 9.41.